The van der Waals surface area contributed by atoms with Crippen molar-refractivity contribution in [3.63, 3.8) is 0 Å². The minimum atomic E-state index is -0.469. The number of aromatic amines is 1. The summed E-state index contributed by atoms with van der Waals surface area (Å²) in [5.41, 5.74) is 2.17. The molecule has 1 aliphatic rings. The minimum Gasteiger partial charge on any atom is -0.352 e. The molecule has 1 fully saturated rings. The van der Waals surface area contributed by atoms with Crippen molar-refractivity contribution in [1.29, 1.82) is 0 Å². The fraction of sp³-hybridized carbons (Fsp3) is 0.318. The van der Waals surface area contributed by atoms with Gasteiger partial charge in [0.25, 0.3) is 11.5 Å². The van der Waals surface area contributed by atoms with Gasteiger partial charge in [0.05, 0.1) is 5.69 Å². The van der Waals surface area contributed by atoms with E-state index < -0.39 is 5.91 Å². The average Bonchev–Trinajstić information content (AvgIpc) is 3.10. The van der Waals surface area contributed by atoms with E-state index in [1.165, 1.54) is 23.0 Å². The van der Waals surface area contributed by atoms with Gasteiger partial charge in [0.15, 0.2) is 5.82 Å². The van der Waals surface area contributed by atoms with Crippen LogP contribution >= 0.6 is 0 Å². The molecular weight excluding hydrogens is 399 g/mol. The Hall–Kier alpha value is -3.46. The van der Waals surface area contributed by atoms with E-state index in [2.05, 4.69) is 25.2 Å². The Bertz CT molecular complexity index is 1130. The maximum absolute atomic E-state index is 13.1. The van der Waals surface area contributed by atoms with Crippen LogP contribution in [0.15, 0.2) is 47.4 Å². The maximum Gasteiger partial charge on any atom is 0.279 e. The van der Waals surface area contributed by atoms with Gasteiger partial charge >= 0.3 is 0 Å². The van der Waals surface area contributed by atoms with Crippen LogP contribution in [0.25, 0.3) is 0 Å². The van der Waals surface area contributed by atoms with Crippen molar-refractivity contribution in [2.24, 2.45) is 7.05 Å². The highest BCUT2D eigenvalue weighted by Gasteiger charge is 2.22. The zero-order chi connectivity index (χ0) is 22.0. The molecule has 0 bridgehead atoms. The third kappa shape index (κ3) is 4.66. The number of aryl methyl sites for hydroxylation is 2. The van der Waals surface area contributed by atoms with Crippen molar-refractivity contribution < 1.29 is 9.18 Å². The molecule has 4 rings (SSSR count). The minimum absolute atomic E-state index is 0.0538. The molecule has 2 N–H and O–H groups in total. The third-order valence-corrected chi connectivity index (χ3v) is 5.44. The van der Waals surface area contributed by atoms with Crippen LogP contribution in [0.1, 0.15) is 21.6 Å². The van der Waals surface area contributed by atoms with Crippen LogP contribution in [0.4, 0.5) is 15.9 Å². The van der Waals surface area contributed by atoms with E-state index in [-0.39, 0.29) is 16.9 Å². The molecule has 0 unspecified atom stereocenters. The molecule has 2 aromatic heterocycles. The number of amides is 1. The highest BCUT2D eigenvalue weighted by molar-refractivity contribution is 6.05. The van der Waals surface area contributed by atoms with E-state index in [0.717, 1.165) is 44.0 Å². The molecule has 0 spiro atoms. The van der Waals surface area contributed by atoms with Gasteiger partial charge in [-0.25, -0.2) is 9.37 Å². The quantitative estimate of drug-likeness (QED) is 0.655. The molecule has 0 saturated carbocycles. The van der Waals surface area contributed by atoms with Gasteiger partial charge in [-0.3, -0.25) is 19.2 Å². The van der Waals surface area contributed by atoms with Crippen LogP contribution in [0.5, 0.6) is 0 Å². The Balaban J connectivity index is 1.45. The number of hydrogen-bond donors (Lipinski definition) is 2. The lowest BCUT2D eigenvalue weighted by Gasteiger charge is -2.36. The molecule has 1 aromatic carbocycles. The van der Waals surface area contributed by atoms with Crippen molar-refractivity contribution >= 4 is 17.4 Å². The van der Waals surface area contributed by atoms with Crippen LogP contribution in [-0.4, -0.2) is 51.8 Å². The summed E-state index contributed by atoms with van der Waals surface area (Å²) in [5.74, 6) is -0.00278. The summed E-state index contributed by atoms with van der Waals surface area (Å²) in [6, 6.07) is 10.2. The molecule has 31 heavy (non-hydrogen) atoms. The molecule has 0 aliphatic carbocycles. The molecule has 8 nitrogen and oxygen atoms in total. The topological polar surface area (TPSA) is 86.3 Å². The van der Waals surface area contributed by atoms with Crippen LogP contribution in [0, 0.1) is 12.7 Å². The molecule has 0 atom stereocenters. The van der Waals surface area contributed by atoms with E-state index in [1.807, 2.05) is 31.2 Å². The van der Waals surface area contributed by atoms with Crippen molar-refractivity contribution in [3.8, 4) is 0 Å². The lowest BCUT2D eigenvalue weighted by Crippen LogP contribution is -2.46. The number of hydrogen-bond acceptors (Lipinski definition) is 5. The van der Waals surface area contributed by atoms with Crippen molar-refractivity contribution in [2.45, 2.75) is 13.5 Å². The van der Waals surface area contributed by atoms with Gasteiger partial charge < -0.3 is 15.3 Å². The Labute approximate surface area is 179 Å². The van der Waals surface area contributed by atoms with E-state index >= 15 is 0 Å². The summed E-state index contributed by atoms with van der Waals surface area (Å²) < 4.78 is 14.4. The highest BCUT2D eigenvalue weighted by Crippen LogP contribution is 2.26. The molecular formula is C22H25FN6O2. The molecule has 1 saturated heterocycles. The Kier molecular flexibility index (Phi) is 5.85. The molecule has 3 aromatic rings. The second kappa shape index (κ2) is 8.73. The molecule has 1 amide bonds. The number of pyridine rings is 1. The summed E-state index contributed by atoms with van der Waals surface area (Å²) in [4.78, 5) is 33.8. The fourth-order valence-electron chi connectivity index (χ4n) is 3.66. The number of nitrogens with zero attached hydrogens (tertiary/aromatic N) is 4. The second-order valence-corrected chi connectivity index (χ2v) is 7.72. The standard InChI is InChI=1S/C22H25FN6O2/c1-15-3-8-19(26-21(30)18-13-24-27(2)22(18)31)20(25-15)29-11-9-28(10-12-29)14-16-4-6-17(23)7-5-16/h3-8,13,24H,9-12,14H2,1-2H3,(H,26,30). The monoisotopic (exact) mass is 424 g/mol. The number of benzene rings is 1. The first-order chi connectivity index (χ1) is 14.9. The van der Waals surface area contributed by atoms with Gasteiger partial charge in [-0.1, -0.05) is 12.1 Å². The summed E-state index contributed by atoms with van der Waals surface area (Å²) in [5, 5.41) is 5.55. The number of anilines is 2. The first-order valence-electron chi connectivity index (χ1n) is 10.2. The largest absolute Gasteiger partial charge is 0.352 e. The fourth-order valence-corrected chi connectivity index (χ4v) is 3.66. The van der Waals surface area contributed by atoms with E-state index in [1.54, 1.807) is 7.05 Å². The number of H-pyrrole nitrogens is 1. The molecule has 3 heterocycles. The van der Waals surface area contributed by atoms with Gasteiger partial charge in [-0.2, -0.15) is 0 Å². The number of piperazine rings is 1. The average molecular weight is 424 g/mol. The van der Waals surface area contributed by atoms with Crippen molar-refractivity contribution in [2.75, 3.05) is 36.4 Å². The lowest BCUT2D eigenvalue weighted by molar-refractivity contribution is 0.102. The number of carbonyl (C=O) groups is 1. The normalized spacial score (nSPS) is 14.6. The Morgan fingerprint density at radius 3 is 2.48 bits per heavy atom. The zero-order valence-electron chi connectivity index (χ0n) is 17.6. The second-order valence-electron chi connectivity index (χ2n) is 7.72. The van der Waals surface area contributed by atoms with Gasteiger partial charge in [0.1, 0.15) is 11.4 Å². The molecule has 1 aliphatic heterocycles. The molecule has 162 valence electrons. The number of halogens is 1. The predicted molar refractivity (Wildman–Crippen MR) is 117 cm³/mol. The number of nitrogens with one attached hydrogen (secondary N) is 2. The Morgan fingerprint density at radius 1 is 1.13 bits per heavy atom. The summed E-state index contributed by atoms with van der Waals surface area (Å²) in [7, 11) is 1.56. The van der Waals surface area contributed by atoms with Crippen LogP contribution in [0.3, 0.4) is 0 Å². The van der Waals surface area contributed by atoms with Crippen LogP contribution in [-0.2, 0) is 13.6 Å². The van der Waals surface area contributed by atoms with Gasteiger partial charge in [0, 0.05) is 51.7 Å². The van der Waals surface area contributed by atoms with E-state index in [4.69, 9.17) is 0 Å². The van der Waals surface area contributed by atoms with Gasteiger partial charge in [-0.05, 0) is 36.8 Å². The smallest absolute Gasteiger partial charge is 0.279 e. The number of rotatable bonds is 5. The first kappa shape index (κ1) is 20.8. The van der Waals surface area contributed by atoms with E-state index in [0.29, 0.717) is 11.5 Å². The van der Waals surface area contributed by atoms with Crippen LogP contribution < -0.4 is 15.8 Å². The van der Waals surface area contributed by atoms with Crippen molar-refractivity contribution in [1.82, 2.24) is 19.7 Å². The van der Waals surface area contributed by atoms with Gasteiger partial charge in [-0.15, -0.1) is 0 Å². The number of aromatic nitrogens is 3. The zero-order valence-corrected chi connectivity index (χ0v) is 17.6. The summed E-state index contributed by atoms with van der Waals surface area (Å²) in [6.45, 7) is 5.79. The van der Waals surface area contributed by atoms with Crippen molar-refractivity contribution in [3.05, 3.63) is 75.6 Å². The summed E-state index contributed by atoms with van der Waals surface area (Å²) >= 11 is 0. The maximum atomic E-state index is 13.1. The molecule has 0 radical (unpaired) electrons. The van der Waals surface area contributed by atoms with E-state index in [9.17, 15) is 14.0 Å². The highest BCUT2D eigenvalue weighted by atomic mass is 19.1. The Morgan fingerprint density at radius 2 is 1.84 bits per heavy atom. The lowest BCUT2D eigenvalue weighted by atomic mass is 10.2. The van der Waals surface area contributed by atoms with Crippen LogP contribution in [0.2, 0.25) is 0 Å². The predicted octanol–water partition coefficient (Wildman–Crippen LogP) is 2.13. The third-order valence-electron chi connectivity index (χ3n) is 5.44. The molecule has 9 heteroatoms. The van der Waals surface area contributed by atoms with Gasteiger partial charge in [0.2, 0.25) is 0 Å². The SMILES string of the molecule is Cc1ccc(NC(=O)c2c[nH]n(C)c2=O)c(N2CCN(Cc3ccc(F)cc3)CC2)n1. The first-order valence-corrected chi connectivity index (χ1v) is 10.2. The summed E-state index contributed by atoms with van der Waals surface area (Å²) in [6.07, 6.45) is 1.40. The number of carbonyl (C=O) groups excluding carboxylic acids is 1.